The highest BCUT2D eigenvalue weighted by molar-refractivity contribution is 8.01. The molecule has 1 saturated carbocycles. The second-order valence-corrected chi connectivity index (χ2v) is 9.80. The molecule has 29 heavy (non-hydrogen) atoms. The molecule has 150 valence electrons. The summed E-state index contributed by atoms with van der Waals surface area (Å²) in [5.41, 5.74) is 5.37. The molecule has 2 fully saturated rings. The lowest BCUT2D eigenvalue weighted by Crippen LogP contribution is -2.52. The van der Waals surface area contributed by atoms with E-state index >= 15 is 0 Å². The number of carbonyl (C=O) groups is 2. The molecule has 0 radical (unpaired) electrons. The van der Waals surface area contributed by atoms with Crippen LogP contribution >= 0.6 is 11.8 Å². The molecule has 2 aliphatic heterocycles. The predicted octanol–water partition coefficient (Wildman–Crippen LogP) is 4.38. The summed E-state index contributed by atoms with van der Waals surface area (Å²) in [5.74, 6) is 1.10. The van der Waals surface area contributed by atoms with Crippen molar-refractivity contribution in [1.29, 1.82) is 0 Å². The summed E-state index contributed by atoms with van der Waals surface area (Å²) < 4.78 is 0. The smallest absolute Gasteiger partial charge is 0.268 e. The van der Waals surface area contributed by atoms with E-state index in [1.54, 1.807) is 11.8 Å². The topological polar surface area (TPSA) is 40.6 Å². The van der Waals surface area contributed by atoms with Crippen LogP contribution in [0.15, 0.2) is 42.5 Å². The number of hydrogen-bond donors (Lipinski definition) is 0. The molecule has 1 spiro atoms. The second kappa shape index (κ2) is 6.91. The number of nitrogens with zero attached hydrogens (tertiary/aromatic N) is 2. The van der Waals surface area contributed by atoms with E-state index in [9.17, 15) is 9.59 Å². The standard InChI is InChI=1S/C24H26N2O2S/c1-16-6-9-18(10-7-16)15-25-21-11-8-17(2)14-20(21)24(23(25)28)26(12-13-29-24)22(27)19-4-3-5-19/h6-11,14,19H,3-5,12-13,15H2,1-2H3/t24-/m0/s1. The molecule has 0 bridgehead atoms. The first-order chi connectivity index (χ1) is 14.0. The number of thioether (sulfide) groups is 1. The maximum atomic E-state index is 13.9. The van der Waals surface area contributed by atoms with Crippen molar-refractivity contribution >= 4 is 29.3 Å². The van der Waals surface area contributed by atoms with Gasteiger partial charge in [0.2, 0.25) is 5.91 Å². The van der Waals surface area contributed by atoms with Gasteiger partial charge in [-0.1, -0.05) is 53.9 Å². The molecule has 0 N–H and O–H groups in total. The van der Waals surface area contributed by atoms with Crippen molar-refractivity contribution in [2.24, 2.45) is 5.92 Å². The number of hydrogen-bond acceptors (Lipinski definition) is 3. The molecule has 2 amide bonds. The van der Waals surface area contributed by atoms with Crippen LogP contribution in [0.25, 0.3) is 0 Å². The number of benzene rings is 2. The fourth-order valence-corrected chi connectivity index (χ4v) is 6.12. The Morgan fingerprint density at radius 2 is 1.83 bits per heavy atom. The molecule has 1 aliphatic carbocycles. The first kappa shape index (κ1) is 18.7. The average Bonchev–Trinajstić information content (AvgIpc) is 3.19. The third-order valence-electron chi connectivity index (χ3n) is 6.53. The van der Waals surface area contributed by atoms with E-state index in [4.69, 9.17) is 0 Å². The number of fused-ring (bicyclic) bond motifs is 2. The highest BCUT2D eigenvalue weighted by Crippen LogP contribution is 2.55. The van der Waals surface area contributed by atoms with Crippen LogP contribution in [0.5, 0.6) is 0 Å². The number of carbonyl (C=O) groups excluding carboxylic acids is 2. The minimum Gasteiger partial charge on any atom is -0.315 e. The largest absolute Gasteiger partial charge is 0.315 e. The van der Waals surface area contributed by atoms with E-state index in [-0.39, 0.29) is 17.7 Å². The summed E-state index contributed by atoms with van der Waals surface area (Å²) in [4.78, 5) is 30.1. The number of aryl methyl sites for hydroxylation is 2. The van der Waals surface area contributed by atoms with Crippen molar-refractivity contribution in [2.75, 3.05) is 17.2 Å². The Kier molecular flexibility index (Phi) is 4.46. The quantitative estimate of drug-likeness (QED) is 0.760. The van der Waals surface area contributed by atoms with Gasteiger partial charge in [-0.25, -0.2) is 0 Å². The Morgan fingerprint density at radius 1 is 1.10 bits per heavy atom. The molecule has 0 aromatic heterocycles. The summed E-state index contributed by atoms with van der Waals surface area (Å²) in [6.07, 6.45) is 3.03. The van der Waals surface area contributed by atoms with E-state index in [0.29, 0.717) is 13.1 Å². The SMILES string of the molecule is Cc1ccc(CN2C(=O)[C@@]3(SCCN3C(=O)C3CCC3)c3cc(C)ccc32)cc1. The number of amides is 2. The van der Waals surface area contributed by atoms with Crippen LogP contribution in [0.3, 0.4) is 0 Å². The van der Waals surface area contributed by atoms with Gasteiger partial charge < -0.3 is 9.80 Å². The van der Waals surface area contributed by atoms with Crippen molar-refractivity contribution < 1.29 is 9.59 Å². The maximum absolute atomic E-state index is 13.9. The summed E-state index contributed by atoms with van der Waals surface area (Å²) in [6, 6.07) is 14.6. The normalized spacial score (nSPS) is 23.6. The zero-order valence-electron chi connectivity index (χ0n) is 17.0. The second-order valence-electron chi connectivity index (χ2n) is 8.51. The highest BCUT2D eigenvalue weighted by atomic mass is 32.2. The Morgan fingerprint density at radius 3 is 2.52 bits per heavy atom. The summed E-state index contributed by atoms with van der Waals surface area (Å²) >= 11 is 1.63. The van der Waals surface area contributed by atoms with Crippen LogP contribution in [-0.4, -0.2) is 29.0 Å². The third kappa shape index (κ3) is 2.82. The van der Waals surface area contributed by atoms with Crippen molar-refractivity contribution in [2.45, 2.75) is 44.5 Å². The lowest BCUT2D eigenvalue weighted by molar-refractivity contribution is -0.145. The lowest BCUT2D eigenvalue weighted by atomic mass is 9.84. The maximum Gasteiger partial charge on any atom is 0.268 e. The fourth-order valence-electron chi connectivity index (χ4n) is 4.66. The van der Waals surface area contributed by atoms with Gasteiger partial charge in [0.15, 0.2) is 4.87 Å². The molecule has 4 nitrogen and oxygen atoms in total. The highest BCUT2D eigenvalue weighted by Gasteiger charge is 2.60. The molecular weight excluding hydrogens is 380 g/mol. The average molecular weight is 407 g/mol. The first-order valence-corrected chi connectivity index (χ1v) is 11.4. The van der Waals surface area contributed by atoms with E-state index in [1.807, 2.05) is 9.80 Å². The molecule has 2 aromatic rings. The molecule has 5 rings (SSSR count). The minimum atomic E-state index is -0.890. The zero-order valence-corrected chi connectivity index (χ0v) is 17.8. The van der Waals surface area contributed by atoms with Crippen LogP contribution in [-0.2, 0) is 21.0 Å². The third-order valence-corrected chi connectivity index (χ3v) is 7.95. The summed E-state index contributed by atoms with van der Waals surface area (Å²) in [7, 11) is 0. The fraction of sp³-hybridized carbons (Fsp3) is 0.417. The molecule has 2 heterocycles. The van der Waals surface area contributed by atoms with Crippen LogP contribution < -0.4 is 4.90 Å². The van der Waals surface area contributed by atoms with Gasteiger partial charge in [-0.2, -0.15) is 0 Å². The van der Waals surface area contributed by atoms with Crippen molar-refractivity contribution in [1.82, 2.24) is 4.90 Å². The molecule has 1 atom stereocenters. The van der Waals surface area contributed by atoms with Crippen LogP contribution in [0.1, 0.15) is 41.5 Å². The van der Waals surface area contributed by atoms with Crippen molar-refractivity contribution in [3.05, 3.63) is 64.7 Å². The van der Waals surface area contributed by atoms with E-state index < -0.39 is 4.87 Å². The molecule has 0 unspecified atom stereocenters. The van der Waals surface area contributed by atoms with Gasteiger partial charge in [-0.3, -0.25) is 9.59 Å². The minimum absolute atomic E-state index is 0.0360. The van der Waals surface area contributed by atoms with Crippen LogP contribution in [0.2, 0.25) is 0 Å². The number of rotatable bonds is 3. The first-order valence-electron chi connectivity index (χ1n) is 10.4. The van der Waals surface area contributed by atoms with E-state index in [1.165, 1.54) is 5.56 Å². The van der Waals surface area contributed by atoms with Crippen molar-refractivity contribution in [3.63, 3.8) is 0 Å². The zero-order chi connectivity index (χ0) is 20.2. The monoisotopic (exact) mass is 406 g/mol. The van der Waals surface area contributed by atoms with Gasteiger partial charge in [0.05, 0.1) is 12.2 Å². The predicted molar refractivity (Wildman–Crippen MR) is 117 cm³/mol. The summed E-state index contributed by atoms with van der Waals surface area (Å²) in [6.45, 7) is 5.30. The van der Waals surface area contributed by atoms with Gasteiger partial charge in [-0.15, -0.1) is 11.8 Å². The Hall–Kier alpha value is -2.27. The van der Waals surface area contributed by atoms with Gasteiger partial charge in [0.25, 0.3) is 5.91 Å². The molecule has 1 saturated heterocycles. The lowest BCUT2D eigenvalue weighted by Gasteiger charge is -2.37. The summed E-state index contributed by atoms with van der Waals surface area (Å²) in [5, 5.41) is 0. The molecule has 3 aliphatic rings. The van der Waals surface area contributed by atoms with Gasteiger partial charge in [0.1, 0.15) is 0 Å². The van der Waals surface area contributed by atoms with E-state index in [0.717, 1.165) is 47.4 Å². The van der Waals surface area contributed by atoms with Gasteiger partial charge in [-0.05, 0) is 38.3 Å². The van der Waals surface area contributed by atoms with Crippen LogP contribution in [0.4, 0.5) is 5.69 Å². The Bertz CT molecular complexity index is 983. The van der Waals surface area contributed by atoms with Crippen LogP contribution in [0, 0.1) is 19.8 Å². The van der Waals surface area contributed by atoms with E-state index in [2.05, 4.69) is 56.3 Å². The molecular formula is C24H26N2O2S. The van der Waals surface area contributed by atoms with Crippen molar-refractivity contribution in [3.8, 4) is 0 Å². The molecule has 2 aromatic carbocycles. The van der Waals surface area contributed by atoms with Gasteiger partial charge >= 0.3 is 0 Å². The molecule has 5 heteroatoms. The Balaban J connectivity index is 1.57. The Labute approximate surface area is 176 Å². The number of anilines is 1. The van der Waals surface area contributed by atoms with Gasteiger partial charge in [0, 0.05) is 23.8 Å².